The number of ether oxygens (including phenoxy) is 2. The lowest BCUT2D eigenvalue weighted by atomic mass is 10.2. The van der Waals surface area contributed by atoms with Gasteiger partial charge in [0, 0.05) is 11.6 Å². The molecule has 0 spiro atoms. The second kappa shape index (κ2) is 5.73. The van der Waals surface area contributed by atoms with Crippen molar-refractivity contribution in [1.29, 1.82) is 0 Å². The number of esters is 1. The molecule has 0 saturated heterocycles. The van der Waals surface area contributed by atoms with E-state index in [0.717, 1.165) is 5.56 Å². The van der Waals surface area contributed by atoms with Gasteiger partial charge in [0.05, 0.1) is 0 Å². The molecule has 0 amide bonds. The maximum atomic E-state index is 11.2. The number of hydrogen-bond acceptors (Lipinski definition) is 3. The van der Waals surface area contributed by atoms with Crippen molar-refractivity contribution in [3.05, 3.63) is 28.8 Å². The van der Waals surface area contributed by atoms with Gasteiger partial charge in [-0.1, -0.05) is 11.6 Å². The first kappa shape index (κ1) is 12.0. The largest absolute Gasteiger partial charge is 0.425 e. The zero-order valence-corrected chi connectivity index (χ0v) is 9.50. The van der Waals surface area contributed by atoms with Gasteiger partial charge in [-0.2, -0.15) is 0 Å². The predicted octanol–water partition coefficient (Wildman–Crippen LogP) is 2.59. The number of rotatable bonds is 4. The molecule has 0 heterocycles. The normalized spacial score (nSPS) is 10.1. The summed E-state index contributed by atoms with van der Waals surface area (Å²) in [6.45, 7) is 4.11. The van der Waals surface area contributed by atoms with Crippen LogP contribution in [-0.2, 0) is 9.53 Å². The molecule has 0 fully saturated rings. The third-order valence-corrected chi connectivity index (χ3v) is 2.02. The Morgan fingerprint density at radius 2 is 2.20 bits per heavy atom. The zero-order valence-electron chi connectivity index (χ0n) is 8.75. The van der Waals surface area contributed by atoms with E-state index >= 15 is 0 Å². The molecule has 82 valence electrons. The van der Waals surface area contributed by atoms with Crippen LogP contribution in [0, 0.1) is 6.92 Å². The highest BCUT2D eigenvalue weighted by Crippen LogP contribution is 2.21. The average Bonchev–Trinajstić information content (AvgIpc) is 2.19. The molecule has 15 heavy (non-hydrogen) atoms. The van der Waals surface area contributed by atoms with E-state index in [-0.39, 0.29) is 6.61 Å². The molecular formula is C11H13ClO3. The standard InChI is InChI=1S/C11H13ClO3/c1-3-14-7-11(13)15-10-5-4-9(12)6-8(10)2/h4-6H,3,7H2,1-2H3. The van der Waals surface area contributed by atoms with E-state index in [1.807, 2.05) is 13.8 Å². The minimum absolute atomic E-state index is 0.0292. The molecule has 0 bridgehead atoms. The SMILES string of the molecule is CCOCC(=O)Oc1ccc(Cl)cc1C. The van der Waals surface area contributed by atoms with E-state index in [1.54, 1.807) is 18.2 Å². The van der Waals surface area contributed by atoms with Gasteiger partial charge in [0.15, 0.2) is 0 Å². The number of halogens is 1. The molecule has 1 aromatic rings. The Morgan fingerprint density at radius 1 is 1.47 bits per heavy atom. The van der Waals surface area contributed by atoms with E-state index in [1.165, 1.54) is 0 Å². The Balaban J connectivity index is 2.60. The number of carbonyl (C=O) groups is 1. The number of benzene rings is 1. The predicted molar refractivity (Wildman–Crippen MR) is 58.3 cm³/mol. The first-order chi connectivity index (χ1) is 7.13. The van der Waals surface area contributed by atoms with Crippen LogP contribution in [-0.4, -0.2) is 19.2 Å². The highest BCUT2D eigenvalue weighted by atomic mass is 35.5. The molecular weight excluding hydrogens is 216 g/mol. The summed E-state index contributed by atoms with van der Waals surface area (Å²) < 4.78 is 10.0. The summed E-state index contributed by atoms with van der Waals surface area (Å²) in [5.41, 5.74) is 0.826. The van der Waals surface area contributed by atoms with Crippen molar-refractivity contribution >= 4 is 17.6 Å². The molecule has 3 nitrogen and oxygen atoms in total. The summed E-state index contributed by atoms with van der Waals surface area (Å²) in [4.78, 5) is 11.2. The quantitative estimate of drug-likeness (QED) is 0.587. The Bertz CT molecular complexity index is 350. The van der Waals surface area contributed by atoms with Crippen LogP contribution in [0.5, 0.6) is 5.75 Å². The Morgan fingerprint density at radius 3 is 2.80 bits per heavy atom. The third-order valence-electron chi connectivity index (χ3n) is 1.78. The van der Waals surface area contributed by atoms with Crippen molar-refractivity contribution in [2.75, 3.05) is 13.2 Å². The molecule has 1 aromatic carbocycles. The summed E-state index contributed by atoms with van der Waals surface area (Å²) in [6.07, 6.45) is 0. The van der Waals surface area contributed by atoms with Gasteiger partial charge in [0.25, 0.3) is 0 Å². The van der Waals surface area contributed by atoms with Gasteiger partial charge in [-0.25, -0.2) is 4.79 Å². The smallest absolute Gasteiger partial charge is 0.337 e. The number of hydrogen-bond donors (Lipinski definition) is 0. The van der Waals surface area contributed by atoms with Crippen molar-refractivity contribution < 1.29 is 14.3 Å². The average molecular weight is 229 g/mol. The lowest BCUT2D eigenvalue weighted by molar-refractivity contribution is -0.139. The van der Waals surface area contributed by atoms with Gasteiger partial charge in [-0.05, 0) is 37.6 Å². The van der Waals surface area contributed by atoms with Crippen molar-refractivity contribution in [3.8, 4) is 5.75 Å². The minimum Gasteiger partial charge on any atom is -0.425 e. The van der Waals surface area contributed by atoms with Crippen LogP contribution in [0.2, 0.25) is 5.02 Å². The lowest BCUT2D eigenvalue weighted by Gasteiger charge is -2.07. The fourth-order valence-electron chi connectivity index (χ4n) is 1.06. The second-order valence-electron chi connectivity index (χ2n) is 3.02. The fraction of sp³-hybridized carbons (Fsp3) is 0.364. The van der Waals surface area contributed by atoms with Gasteiger partial charge >= 0.3 is 5.97 Å². The molecule has 0 atom stereocenters. The van der Waals surface area contributed by atoms with E-state index < -0.39 is 5.97 Å². The second-order valence-corrected chi connectivity index (χ2v) is 3.46. The van der Waals surface area contributed by atoms with E-state index in [0.29, 0.717) is 17.4 Å². The summed E-state index contributed by atoms with van der Waals surface area (Å²) in [7, 11) is 0. The molecule has 0 N–H and O–H groups in total. The Hall–Kier alpha value is -1.06. The summed E-state index contributed by atoms with van der Waals surface area (Å²) in [6, 6.07) is 5.09. The first-order valence-corrected chi connectivity index (χ1v) is 5.06. The molecule has 0 aliphatic carbocycles. The third kappa shape index (κ3) is 3.90. The fourth-order valence-corrected chi connectivity index (χ4v) is 1.29. The highest BCUT2D eigenvalue weighted by Gasteiger charge is 2.07. The van der Waals surface area contributed by atoms with E-state index in [4.69, 9.17) is 21.1 Å². The van der Waals surface area contributed by atoms with Crippen LogP contribution in [0.1, 0.15) is 12.5 Å². The van der Waals surface area contributed by atoms with Crippen LogP contribution in [0.4, 0.5) is 0 Å². The monoisotopic (exact) mass is 228 g/mol. The number of carbonyl (C=O) groups excluding carboxylic acids is 1. The van der Waals surface area contributed by atoms with Gasteiger partial charge in [0.1, 0.15) is 12.4 Å². The molecule has 0 radical (unpaired) electrons. The summed E-state index contributed by atoms with van der Waals surface area (Å²) in [5, 5.41) is 0.622. The van der Waals surface area contributed by atoms with Crippen molar-refractivity contribution in [2.45, 2.75) is 13.8 Å². The maximum absolute atomic E-state index is 11.2. The molecule has 0 aromatic heterocycles. The topological polar surface area (TPSA) is 35.5 Å². The number of aryl methyl sites for hydroxylation is 1. The molecule has 4 heteroatoms. The van der Waals surface area contributed by atoms with E-state index in [9.17, 15) is 4.79 Å². The summed E-state index contributed by atoms with van der Waals surface area (Å²) in [5.74, 6) is 0.117. The molecule has 0 aliphatic rings. The van der Waals surface area contributed by atoms with Crippen molar-refractivity contribution in [2.24, 2.45) is 0 Å². The lowest BCUT2D eigenvalue weighted by Crippen LogP contribution is -2.15. The molecule has 0 aliphatic heterocycles. The van der Waals surface area contributed by atoms with Crippen molar-refractivity contribution in [3.63, 3.8) is 0 Å². The molecule has 0 saturated carbocycles. The van der Waals surface area contributed by atoms with Crippen LogP contribution in [0.15, 0.2) is 18.2 Å². The van der Waals surface area contributed by atoms with Crippen LogP contribution in [0.3, 0.4) is 0 Å². The van der Waals surface area contributed by atoms with Gasteiger partial charge in [-0.15, -0.1) is 0 Å². The van der Waals surface area contributed by atoms with Crippen LogP contribution in [0.25, 0.3) is 0 Å². The van der Waals surface area contributed by atoms with Gasteiger partial charge in [-0.3, -0.25) is 0 Å². The van der Waals surface area contributed by atoms with Crippen molar-refractivity contribution in [1.82, 2.24) is 0 Å². The van der Waals surface area contributed by atoms with Crippen LogP contribution < -0.4 is 4.74 Å². The maximum Gasteiger partial charge on any atom is 0.337 e. The van der Waals surface area contributed by atoms with Crippen LogP contribution >= 0.6 is 11.6 Å². The zero-order chi connectivity index (χ0) is 11.3. The van der Waals surface area contributed by atoms with Gasteiger partial charge < -0.3 is 9.47 Å². The minimum atomic E-state index is -0.401. The Labute approximate surface area is 93.9 Å². The summed E-state index contributed by atoms with van der Waals surface area (Å²) >= 11 is 5.77. The molecule has 1 rings (SSSR count). The van der Waals surface area contributed by atoms with E-state index in [2.05, 4.69) is 0 Å². The molecule has 0 unspecified atom stereocenters. The Kier molecular flexibility index (Phi) is 4.59. The first-order valence-electron chi connectivity index (χ1n) is 4.68. The highest BCUT2D eigenvalue weighted by molar-refractivity contribution is 6.30. The van der Waals surface area contributed by atoms with Gasteiger partial charge in [0.2, 0.25) is 0 Å².